The van der Waals surface area contributed by atoms with Crippen LogP contribution in [0.2, 0.25) is 5.15 Å². The first-order valence-corrected chi connectivity index (χ1v) is 7.52. The molecule has 0 aliphatic carbocycles. The second-order valence-corrected chi connectivity index (χ2v) is 6.09. The Morgan fingerprint density at radius 1 is 1.16 bits per heavy atom. The zero-order valence-corrected chi connectivity index (χ0v) is 12.4. The standard InChI is InChI=1S/C14H21ClN4/c1-9-10(2)17-14(13(15)16-9)18-11-5-7-19-6-3-4-12(19)8-11/h11-12H,3-8H2,1-2H3,(H,17,18). The van der Waals surface area contributed by atoms with Gasteiger partial charge in [-0.2, -0.15) is 0 Å². The summed E-state index contributed by atoms with van der Waals surface area (Å²) in [6, 6.07) is 1.23. The molecule has 4 nitrogen and oxygen atoms in total. The van der Waals surface area contributed by atoms with Crippen LogP contribution >= 0.6 is 11.6 Å². The molecule has 0 amide bonds. The molecule has 2 unspecified atom stereocenters. The summed E-state index contributed by atoms with van der Waals surface area (Å²) >= 11 is 6.19. The molecule has 2 saturated heterocycles. The molecule has 1 aromatic rings. The van der Waals surface area contributed by atoms with Crippen molar-refractivity contribution in [3.05, 3.63) is 16.5 Å². The van der Waals surface area contributed by atoms with Crippen molar-refractivity contribution in [1.82, 2.24) is 14.9 Å². The van der Waals surface area contributed by atoms with Crippen molar-refractivity contribution in [3.63, 3.8) is 0 Å². The molecule has 0 spiro atoms. The Balaban J connectivity index is 1.70. The Bertz CT molecular complexity index is 477. The van der Waals surface area contributed by atoms with E-state index < -0.39 is 0 Å². The highest BCUT2D eigenvalue weighted by Crippen LogP contribution is 2.29. The Morgan fingerprint density at radius 2 is 1.95 bits per heavy atom. The maximum Gasteiger partial charge on any atom is 0.171 e. The number of hydrogen-bond donors (Lipinski definition) is 1. The fourth-order valence-corrected chi connectivity index (χ4v) is 3.44. The number of nitrogens with one attached hydrogen (secondary N) is 1. The molecule has 3 rings (SSSR count). The number of hydrogen-bond acceptors (Lipinski definition) is 4. The minimum atomic E-state index is 0.480. The lowest BCUT2D eigenvalue weighted by atomic mass is 9.98. The zero-order valence-electron chi connectivity index (χ0n) is 11.6. The average Bonchev–Trinajstić information content (AvgIpc) is 2.83. The van der Waals surface area contributed by atoms with Crippen molar-refractivity contribution < 1.29 is 0 Å². The van der Waals surface area contributed by atoms with Gasteiger partial charge >= 0.3 is 0 Å². The van der Waals surface area contributed by atoms with Gasteiger partial charge in [0.2, 0.25) is 0 Å². The van der Waals surface area contributed by atoms with E-state index in [4.69, 9.17) is 11.6 Å². The third-order valence-corrected chi connectivity index (χ3v) is 4.69. The smallest absolute Gasteiger partial charge is 0.171 e. The molecule has 2 aliphatic heterocycles. The normalized spacial score (nSPS) is 27.3. The SMILES string of the molecule is Cc1nc(Cl)c(NC2CCN3CCCC3C2)nc1C. The van der Waals surface area contributed by atoms with E-state index in [1.54, 1.807) is 0 Å². The fraction of sp³-hybridized carbons (Fsp3) is 0.714. The number of fused-ring (bicyclic) bond motifs is 1. The topological polar surface area (TPSA) is 41.1 Å². The van der Waals surface area contributed by atoms with Gasteiger partial charge in [0.1, 0.15) is 0 Å². The predicted molar refractivity (Wildman–Crippen MR) is 77.8 cm³/mol. The van der Waals surface area contributed by atoms with Crippen LogP contribution < -0.4 is 5.32 Å². The number of piperidine rings is 1. The Hall–Kier alpha value is -0.870. The maximum absolute atomic E-state index is 6.19. The Morgan fingerprint density at radius 3 is 2.79 bits per heavy atom. The van der Waals surface area contributed by atoms with Crippen molar-refractivity contribution in [1.29, 1.82) is 0 Å². The first-order valence-electron chi connectivity index (χ1n) is 7.15. The van der Waals surface area contributed by atoms with E-state index in [0.717, 1.165) is 23.2 Å². The highest BCUT2D eigenvalue weighted by molar-refractivity contribution is 6.31. The number of aromatic nitrogens is 2. The zero-order chi connectivity index (χ0) is 13.4. The molecule has 5 heteroatoms. The molecule has 3 heterocycles. The Kier molecular flexibility index (Phi) is 3.63. The summed E-state index contributed by atoms with van der Waals surface area (Å²) in [5, 5.41) is 3.99. The molecule has 0 saturated carbocycles. The van der Waals surface area contributed by atoms with Gasteiger partial charge in [-0.1, -0.05) is 11.6 Å². The van der Waals surface area contributed by atoms with Gasteiger partial charge in [-0.05, 0) is 46.1 Å². The van der Waals surface area contributed by atoms with Gasteiger partial charge in [0.25, 0.3) is 0 Å². The summed E-state index contributed by atoms with van der Waals surface area (Å²) in [6.45, 7) is 6.39. The number of rotatable bonds is 2. The van der Waals surface area contributed by atoms with Crippen molar-refractivity contribution in [2.24, 2.45) is 0 Å². The molecule has 0 aromatic carbocycles. The molecule has 1 aromatic heterocycles. The molecular formula is C14H21ClN4. The van der Waals surface area contributed by atoms with E-state index in [0.29, 0.717) is 11.2 Å². The lowest BCUT2D eigenvalue weighted by Gasteiger charge is -2.35. The van der Waals surface area contributed by atoms with E-state index in [1.165, 1.54) is 38.8 Å². The molecule has 1 N–H and O–H groups in total. The van der Waals surface area contributed by atoms with Crippen LogP contribution in [-0.2, 0) is 0 Å². The van der Waals surface area contributed by atoms with Crippen molar-refractivity contribution in [2.45, 2.75) is 51.6 Å². The molecule has 2 fully saturated rings. The van der Waals surface area contributed by atoms with Crippen molar-refractivity contribution in [3.8, 4) is 0 Å². The van der Waals surface area contributed by atoms with E-state index in [-0.39, 0.29) is 0 Å². The van der Waals surface area contributed by atoms with Crippen LogP contribution in [0, 0.1) is 13.8 Å². The summed E-state index contributed by atoms with van der Waals surface area (Å²) in [6.07, 6.45) is 5.05. The quantitative estimate of drug-likeness (QED) is 0.904. The molecule has 104 valence electrons. The lowest BCUT2D eigenvalue weighted by molar-refractivity contribution is 0.188. The first kappa shape index (κ1) is 13.1. The second kappa shape index (κ2) is 5.25. The highest BCUT2D eigenvalue weighted by atomic mass is 35.5. The number of anilines is 1. The van der Waals surface area contributed by atoms with Gasteiger partial charge in [-0.15, -0.1) is 0 Å². The molecule has 0 bridgehead atoms. The van der Waals surface area contributed by atoms with Crippen molar-refractivity contribution in [2.75, 3.05) is 18.4 Å². The summed E-state index contributed by atoms with van der Waals surface area (Å²) in [5.74, 6) is 0.751. The monoisotopic (exact) mass is 280 g/mol. The van der Waals surface area contributed by atoms with Gasteiger partial charge < -0.3 is 10.2 Å². The second-order valence-electron chi connectivity index (χ2n) is 5.73. The maximum atomic E-state index is 6.19. The largest absolute Gasteiger partial charge is 0.365 e. The average molecular weight is 281 g/mol. The molecule has 2 aliphatic rings. The highest BCUT2D eigenvalue weighted by Gasteiger charge is 2.31. The molecule has 2 atom stereocenters. The van der Waals surface area contributed by atoms with Gasteiger partial charge in [0, 0.05) is 18.6 Å². The van der Waals surface area contributed by atoms with Crippen LogP contribution in [0.4, 0.5) is 5.82 Å². The van der Waals surface area contributed by atoms with Crippen molar-refractivity contribution >= 4 is 17.4 Å². The van der Waals surface area contributed by atoms with Crippen LogP contribution in [0.5, 0.6) is 0 Å². The van der Waals surface area contributed by atoms with E-state index >= 15 is 0 Å². The summed E-state index contributed by atoms with van der Waals surface area (Å²) in [7, 11) is 0. The van der Waals surface area contributed by atoms with Gasteiger partial charge in [0.05, 0.1) is 11.4 Å². The Labute approximate surface area is 119 Å². The molecular weight excluding hydrogens is 260 g/mol. The van der Waals surface area contributed by atoms with E-state index in [2.05, 4.69) is 20.2 Å². The number of aryl methyl sites for hydroxylation is 2. The third kappa shape index (κ3) is 2.70. The molecule has 0 radical (unpaired) electrons. The lowest BCUT2D eigenvalue weighted by Crippen LogP contribution is -2.42. The minimum absolute atomic E-state index is 0.480. The predicted octanol–water partition coefficient (Wildman–Crippen LogP) is 2.79. The van der Waals surface area contributed by atoms with Crippen LogP contribution in [0.15, 0.2) is 0 Å². The summed E-state index contributed by atoms with van der Waals surface area (Å²) in [4.78, 5) is 11.5. The summed E-state index contributed by atoms with van der Waals surface area (Å²) < 4.78 is 0. The van der Waals surface area contributed by atoms with Gasteiger partial charge in [0.15, 0.2) is 11.0 Å². The van der Waals surface area contributed by atoms with Crippen LogP contribution in [-0.4, -0.2) is 40.0 Å². The van der Waals surface area contributed by atoms with Gasteiger partial charge in [-0.3, -0.25) is 0 Å². The van der Waals surface area contributed by atoms with Crippen LogP contribution in [0.25, 0.3) is 0 Å². The third-order valence-electron chi connectivity index (χ3n) is 4.43. The number of nitrogens with zero attached hydrogens (tertiary/aromatic N) is 3. The van der Waals surface area contributed by atoms with Gasteiger partial charge in [-0.25, -0.2) is 9.97 Å². The van der Waals surface area contributed by atoms with Crippen LogP contribution in [0.1, 0.15) is 37.1 Å². The minimum Gasteiger partial charge on any atom is -0.365 e. The van der Waals surface area contributed by atoms with E-state index in [1.807, 2.05) is 13.8 Å². The first-order chi connectivity index (χ1) is 9.13. The van der Waals surface area contributed by atoms with Crippen LogP contribution in [0.3, 0.4) is 0 Å². The van der Waals surface area contributed by atoms with E-state index in [9.17, 15) is 0 Å². The summed E-state index contributed by atoms with van der Waals surface area (Å²) in [5.41, 5.74) is 1.85. The number of halogens is 1. The molecule has 19 heavy (non-hydrogen) atoms. The fourth-order valence-electron chi connectivity index (χ4n) is 3.22.